The monoisotopic (exact) mass is 263 g/mol. The number of aromatic nitrogens is 1. The Morgan fingerprint density at radius 2 is 2.28 bits per heavy atom. The zero-order valence-corrected chi connectivity index (χ0v) is 10.8. The summed E-state index contributed by atoms with van der Waals surface area (Å²) in [4.78, 5) is 14.4. The van der Waals surface area contributed by atoms with Gasteiger partial charge in [-0.25, -0.2) is 4.79 Å². The summed E-state index contributed by atoms with van der Waals surface area (Å²) >= 11 is 5.61. The highest BCUT2D eigenvalue weighted by molar-refractivity contribution is 6.17. The van der Waals surface area contributed by atoms with Crippen LogP contribution < -0.4 is 0 Å². The minimum Gasteiger partial charge on any atom is -0.464 e. The molecule has 18 heavy (non-hydrogen) atoms. The Morgan fingerprint density at radius 1 is 1.44 bits per heavy atom. The van der Waals surface area contributed by atoms with Crippen LogP contribution in [0.5, 0.6) is 0 Å². The molecule has 2 aromatic rings. The van der Waals surface area contributed by atoms with E-state index in [2.05, 4.69) is 9.72 Å². The van der Waals surface area contributed by atoms with Crippen LogP contribution in [0.25, 0.3) is 17.0 Å². The Hall–Kier alpha value is -1.74. The molecule has 0 radical (unpaired) electrons. The number of halogens is 1. The third-order valence-electron chi connectivity index (χ3n) is 2.64. The molecule has 0 aliphatic heterocycles. The molecule has 0 saturated carbocycles. The molecule has 1 aromatic carbocycles. The number of ether oxygens (including phenoxy) is 1. The number of esters is 1. The standard InChI is InChI=1S/C14H14ClNO2/c1-18-14(17)13-9-11-6-5-10(4-2-3-7-15)8-12(11)16-13/h2,4-6,8-9,16H,3,7H2,1H3. The van der Waals surface area contributed by atoms with Gasteiger partial charge in [0.15, 0.2) is 0 Å². The molecule has 0 aliphatic rings. The number of nitrogens with one attached hydrogen (secondary N) is 1. The molecule has 2 rings (SSSR count). The number of carbonyl (C=O) groups is 1. The van der Waals surface area contributed by atoms with Crippen molar-refractivity contribution in [3.8, 4) is 0 Å². The van der Waals surface area contributed by atoms with Gasteiger partial charge in [0.25, 0.3) is 0 Å². The number of fused-ring (bicyclic) bond motifs is 1. The molecule has 94 valence electrons. The van der Waals surface area contributed by atoms with Crippen LogP contribution in [0.15, 0.2) is 30.3 Å². The van der Waals surface area contributed by atoms with Gasteiger partial charge in [0.2, 0.25) is 0 Å². The van der Waals surface area contributed by atoms with Crippen LogP contribution in [0.3, 0.4) is 0 Å². The van der Waals surface area contributed by atoms with E-state index in [9.17, 15) is 4.79 Å². The number of benzene rings is 1. The summed E-state index contributed by atoms with van der Waals surface area (Å²) in [6, 6.07) is 7.75. The lowest BCUT2D eigenvalue weighted by atomic mass is 10.1. The molecule has 0 atom stereocenters. The number of carbonyl (C=O) groups excluding carboxylic acids is 1. The molecule has 1 heterocycles. The normalized spacial score (nSPS) is 11.2. The first-order chi connectivity index (χ1) is 8.74. The number of H-pyrrole nitrogens is 1. The lowest BCUT2D eigenvalue weighted by Gasteiger charge is -1.94. The van der Waals surface area contributed by atoms with Crippen molar-refractivity contribution in [3.63, 3.8) is 0 Å². The summed E-state index contributed by atoms with van der Waals surface area (Å²) in [6.45, 7) is 0. The van der Waals surface area contributed by atoms with Crippen LogP contribution in [0.4, 0.5) is 0 Å². The SMILES string of the molecule is COC(=O)c1cc2ccc(C=CCCCl)cc2[nH]1. The highest BCUT2D eigenvalue weighted by Crippen LogP contribution is 2.18. The highest BCUT2D eigenvalue weighted by Gasteiger charge is 2.08. The Kier molecular flexibility index (Phi) is 4.05. The van der Waals surface area contributed by atoms with E-state index in [1.54, 1.807) is 6.07 Å². The summed E-state index contributed by atoms with van der Waals surface area (Å²) in [5.74, 6) is 0.263. The topological polar surface area (TPSA) is 42.1 Å². The maximum atomic E-state index is 11.4. The number of aromatic amines is 1. The van der Waals surface area contributed by atoms with Crippen LogP contribution in [-0.2, 0) is 4.74 Å². The molecule has 0 bridgehead atoms. The van der Waals surface area contributed by atoms with Gasteiger partial charge in [-0.3, -0.25) is 0 Å². The number of methoxy groups -OCH3 is 1. The van der Waals surface area contributed by atoms with Crippen LogP contribution in [-0.4, -0.2) is 23.9 Å². The van der Waals surface area contributed by atoms with E-state index < -0.39 is 0 Å². The molecule has 4 heteroatoms. The van der Waals surface area contributed by atoms with Gasteiger partial charge in [-0.1, -0.05) is 24.3 Å². The van der Waals surface area contributed by atoms with Gasteiger partial charge >= 0.3 is 5.97 Å². The first-order valence-corrected chi connectivity index (χ1v) is 6.21. The lowest BCUT2D eigenvalue weighted by Crippen LogP contribution is -2.00. The highest BCUT2D eigenvalue weighted by atomic mass is 35.5. The van der Waals surface area contributed by atoms with Crippen molar-refractivity contribution in [3.05, 3.63) is 41.6 Å². The molecule has 0 aliphatic carbocycles. The average Bonchev–Trinajstić information content (AvgIpc) is 2.81. The number of alkyl halides is 1. The molecule has 0 amide bonds. The number of hydrogen-bond acceptors (Lipinski definition) is 2. The third kappa shape index (κ3) is 2.74. The second kappa shape index (κ2) is 5.74. The fourth-order valence-corrected chi connectivity index (χ4v) is 1.88. The van der Waals surface area contributed by atoms with Gasteiger partial charge in [-0.15, -0.1) is 11.6 Å². The molecular weight excluding hydrogens is 250 g/mol. The zero-order chi connectivity index (χ0) is 13.0. The molecular formula is C14H14ClNO2. The summed E-state index contributed by atoms with van der Waals surface area (Å²) in [7, 11) is 1.37. The van der Waals surface area contributed by atoms with Crippen LogP contribution >= 0.6 is 11.6 Å². The van der Waals surface area contributed by atoms with Gasteiger partial charge in [0.1, 0.15) is 5.69 Å². The Balaban J connectivity index is 2.30. The van der Waals surface area contributed by atoms with Crippen LogP contribution in [0.2, 0.25) is 0 Å². The van der Waals surface area contributed by atoms with Crippen molar-refractivity contribution < 1.29 is 9.53 Å². The van der Waals surface area contributed by atoms with E-state index in [1.165, 1.54) is 7.11 Å². The fraction of sp³-hybridized carbons (Fsp3) is 0.214. The minimum atomic E-state index is -0.356. The van der Waals surface area contributed by atoms with E-state index in [-0.39, 0.29) is 5.97 Å². The van der Waals surface area contributed by atoms with Crippen molar-refractivity contribution >= 4 is 34.5 Å². The Morgan fingerprint density at radius 3 is 3.00 bits per heavy atom. The summed E-state index contributed by atoms with van der Waals surface area (Å²) in [5, 5.41) is 0.991. The molecule has 0 spiro atoms. The van der Waals surface area contributed by atoms with Gasteiger partial charge in [0.05, 0.1) is 7.11 Å². The fourth-order valence-electron chi connectivity index (χ4n) is 1.75. The molecule has 1 N–H and O–H groups in total. The summed E-state index contributed by atoms with van der Waals surface area (Å²) in [6.07, 6.45) is 4.89. The Bertz CT molecular complexity index is 586. The van der Waals surface area contributed by atoms with E-state index in [0.717, 1.165) is 22.9 Å². The average molecular weight is 264 g/mol. The van der Waals surface area contributed by atoms with Crippen molar-refractivity contribution in [1.82, 2.24) is 4.98 Å². The Labute approximate surface area is 110 Å². The van der Waals surface area contributed by atoms with Gasteiger partial charge in [-0.2, -0.15) is 0 Å². The molecule has 3 nitrogen and oxygen atoms in total. The van der Waals surface area contributed by atoms with E-state index in [0.29, 0.717) is 11.6 Å². The van der Waals surface area contributed by atoms with E-state index >= 15 is 0 Å². The van der Waals surface area contributed by atoms with Crippen LogP contribution in [0, 0.1) is 0 Å². The van der Waals surface area contributed by atoms with Crippen molar-refractivity contribution in [2.45, 2.75) is 6.42 Å². The van der Waals surface area contributed by atoms with Crippen molar-refractivity contribution in [1.29, 1.82) is 0 Å². The van der Waals surface area contributed by atoms with Gasteiger partial charge in [-0.05, 0) is 24.1 Å². The smallest absolute Gasteiger partial charge is 0.354 e. The first-order valence-electron chi connectivity index (χ1n) is 5.68. The maximum Gasteiger partial charge on any atom is 0.354 e. The van der Waals surface area contributed by atoms with Crippen molar-refractivity contribution in [2.24, 2.45) is 0 Å². The molecule has 1 aromatic heterocycles. The predicted molar refractivity (Wildman–Crippen MR) is 74.0 cm³/mol. The quantitative estimate of drug-likeness (QED) is 0.676. The number of rotatable bonds is 4. The predicted octanol–water partition coefficient (Wildman–Crippen LogP) is 3.60. The van der Waals surface area contributed by atoms with Crippen molar-refractivity contribution in [2.75, 3.05) is 13.0 Å². The first kappa shape index (κ1) is 12.7. The zero-order valence-electron chi connectivity index (χ0n) is 10.1. The molecule has 0 fully saturated rings. The maximum absolute atomic E-state index is 11.4. The number of hydrogen-bond donors (Lipinski definition) is 1. The summed E-state index contributed by atoms with van der Waals surface area (Å²) < 4.78 is 4.68. The lowest BCUT2D eigenvalue weighted by molar-refractivity contribution is 0.0595. The molecule has 0 saturated heterocycles. The minimum absolute atomic E-state index is 0.356. The van der Waals surface area contributed by atoms with Gasteiger partial charge < -0.3 is 9.72 Å². The van der Waals surface area contributed by atoms with Gasteiger partial charge in [0, 0.05) is 16.8 Å². The van der Waals surface area contributed by atoms with E-state index in [4.69, 9.17) is 11.6 Å². The third-order valence-corrected chi connectivity index (χ3v) is 2.86. The van der Waals surface area contributed by atoms with E-state index in [1.807, 2.05) is 30.4 Å². The second-order valence-corrected chi connectivity index (χ2v) is 4.28. The second-order valence-electron chi connectivity index (χ2n) is 3.90. The number of allylic oxidation sites excluding steroid dienone is 1. The van der Waals surface area contributed by atoms with Crippen LogP contribution in [0.1, 0.15) is 22.5 Å². The molecule has 0 unspecified atom stereocenters. The largest absolute Gasteiger partial charge is 0.464 e. The summed E-state index contributed by atoms with van der Waals surface area (Å²) in [5.41, 5.74) is 2.46.